The van der Waals surface area contributed by atoms with E-state index >= 15 is 0 Å². The molecule has 0 bridgehead atoms. The highest BCUT2D eigenvalue weighted by molar-refractivity contribution is 5.54. The van der Waals surface area contributed by atoms with Crippen LogP contribution in [0.15, 0.2) is 17.1 Å². The molecule has 1 saturated carbocycles. The normalized spacial score (nSPS) is 16.4. The summed E-state index contributed by atoms with van der Waals surface area (Å²) in [6.07, 6.45) is 4.46. The lowest BCUT2D eigenvalue weighted by Gasteiger charge is -2.38. The predicted molar refractivity (Wildman–Crippen MR) is 67.9 cm³/mol. The maximum Gasteiger partial charge on any atom is 0.235 e. The maximum atomic E-state index is 10.7. The fraction of sp³-hybridized carbons (Fsp3) is 0.500. The number of nitrogens with zero attached hydrogens (tertiary/aromatic N) is 1. The smallest absolute Gasteiger partial charge is 0.235 e. The average Bonchev–Trinajstić information content (AvgIpc) is 2.32. The first-order chi connectivity index (χ1) is 8.66. The summed E-state index contributed by atoms with van der Waals surface area (Å²) in [6, 6.07) is 3.93. The van der Waals surface area contributed by atoms with Gasteiger partial charge >= 0.3 is 0 Å². The molecule has 2 rings (SSSR count). The van der Waals surface area contributed by atoms with Gasteiger partial charge in [0, 0.05) is 5.56 Å². The molecule has 0 aromatic heterocycles. The van der Waals surface area contributed by atoms with Crippen molar-refractivity contribution in [1.82, 2.24) is 0 Å². The molecule has 1 aromatic carbocycles. The Labute approximate surface area is 107 Å². The quantitative estimate of drug-likeness (QED) is 0.607. The number of rotatable bonds is 4. The summed E-state index contributed by atoms with van der Waals surface area (Å²) < 4.78 is 10.8. The Morgan fingerprint density at radius 3 is 2.44 bits per heavy atom. The van der Waals surface area contributed by atoms with Gasteiger partial charge in [-0.1, -0.05) is 0 Å². The predicted octanol–water partition coefficient (Wildman–Crippen LogP) is 2.73. The van der Waals surface area contributed by atoms with Gasteiger partial charge in [0.05, 0.1) is 14.2 Å². The van der Waals surface area contributed by atoms with Crippen molar-refractivity contribution in [2.24, 2.45) is 4.99 Å². The van der Waals surface area contributed by atoms with Gasteiger partial charge in [-0.2, -0.15) is 4.99 Å². The number of aliphatic imine (C=N–C) groups is 1. The van der Waals surface area contributed by atoms with E-state index < -0.39 is 5.54 Å². The number of aryl methyl sites for hydroxylation is 1. The van der Waals surface area contributed by atoms with E-state index in [1.807, 2.05) is 19.1 Å². The van der Waals surface area contributed by atoms with E-state index in [0.29, 0.717) is 11.5 Å². The second kappa shape index (κ2) is 4.83. The molecule has 0 N–H and O–H groups in total. The molecule has 0 amide bonds. The Hall–Kier alpha value is -1.80. The van der Waals surface area contributed by atoms with E-state index in [9.17, 15) is 4.79 Å². The van der Waals surface area contributed by atoms with Gasteiger partial charge in [-0.05, 0) is 43.9 Å². The zero-order valence-electron chi connectivity index (χ0n) is 10.9. The Balaban J connectivity index is 2.61. The van der Waals surface area contributed by atoms with Crippen LogP contribution in [-0.2, 0) is 10.3 Å². The molecule has 18 heavy (non-hydrogen) atoms. The standard InChI is InChI=1S/C14H17NO3/c1-10-7-11(13(18-3)12(8-10)17-2)14(15-9-16)5-4-6-14/h7-8H,4-6H2,1-3H3. The van der Waals surface area contributed by atoms with E-state index in [1.165, 1.54) is 0 Å². The summed E-state index contributed by atoms with van der Waals surface area (Å²) in [7, 11) is 3.21. The molecule has 0 heterocycles. The molecule has 1 aliphatic carbocycles. The summed E-state index contributed by atoms with van der Waals surface area (Å²) >= 11 is 0. The van der Waals surface area contributed by atoms with Crippen LogP contribution in [-0.4, -0.2) is 20.3 Å². The van der Waals surface area contributed by atoms with Crippen molar-refractivity contribution in [1.29, 1.82) is 0 Å². The van der Waals surface area contributed by atoms with Crippen molar-refractivity contribution in [3.63, 3.8) is 0 Å². The summed E-state index contributed by atoms with van der Waals surface area (Å²) in [6.45, 7) is 1.99. The van der Waals surface area contributed by atoms with E-state index in [4.69, 9.17) is 9.47 Å². The van der Waals surface area contributed by atoms with Crippen LogP contribution in [0.5, 0.6) is 11.5 Å². The largest absolute Gasteiger partial charge is 0.493 e. The summed E-state index contributed by atoms with van der Waals surface area (Å²) in [5.74, 6) is 1.35. The molecule has 0 unspecified atom stereocenters. The first-order valence-corrected chi connectivity index (χ1v) is 5.99. The van der Waals surface area contributed by atoms with Crippen LogP contribution in [0, 0.1) is 6.92 Å². The number of carbonyl (C=O) groups excluding carboxylic acids is 1. The number of isocyanates is 1. The van der Waals surface area contributed by atoms with Crippen molar-refractivity contribution in [3.05, 3.63) is 23.3 Å². The van der Waals surface area contributed by atoms with Crippen molar-refractivity contribution < 1.29 is 14.3 Å². The third kappa shape index (κ3) is 1.89. The van der Waals surface area contributed by atoms with Crippen LogP contribution >= 0.6 is 0 Å². The van der Waals surface area contributed by atoms with Crippen LogP contribution in [0.25, 0.3) is 0 Å². The van der Waals surface area contributed by atoms with E-state index in [0.717, 1.165) is 30.4 Å². The summed E-state index contributed by atoms with van der Waals surface area (Å²) in [5, 5.41) is 0. The first kappa shape index (κ1) is 12.7. The van der Waals surface area contributed by atoms with Crippen LogP contribution in [0.2, 0.25) is 0 Å². The Kier molecular flexibility index (Phi) is 3.39. The van der Waals surface area contributed by atoms with Gasteiger partial charge in [0.25, 0.3) is 0 Å². The number of hydrogen-bond donors (Lipinski definition) is 0. The molecule has 1 fully saturated rings. The van der Waals surface area contributed by atoms with E-state index in [-0.39, 0.29) is 0 Å². The van der Waals surface area contributed by atoms with Gasteiger partial charge in [0.15, 0.2) is 11.5 Å². The lowest BCUT2D eigenvalue weighted by atomic mass is 9.71. The Morgan fingerprint density at radius 2 is 2.00 bits per heavy atom. The highest BCUT2D eigenvalue weighted by atomic mass is 16.5. The maximum absolute atomic E-state index is 10.7. The van der Waals surface area contributed by atoms with Crippen molar-refractivity contribution >= 4 is 6.08 Å². The molecule has 1 aliphatic rings. The third-order valence-corrected chi connectivity index (χ3v) is 3.56. The first-order valence-electron chi connectivity index (χ1n) is 5.99. The molecule has 4 nitrogen and oxygen atoms in total. The topological polar surface area (TPSA) is 47.9 Å². The van der Waals surface area contributed by atoms with Crippen LogP contribution in [0.1, 0.15) is 30.4 Å². The molecule has 0 aliphatic heterocycles. The minimum absolute atomic E-state index is 0.466. The van der Waals surface area contributed by atoms with Gasteiger partial charge in [-0.3, -0.25) is 0 Å². The fourth-order valence-electron chi connectivity index (χ4n) is 2.49. The molecular formula is C14H17NO3. The zero-order valence-corrected chi connectivity index (χ0v) is 10.9. The SMILES string of the molecule is COc1cc(C)cc(C2(N=C=O)CCC2)c1OC. The second-order valence-corrected chi connectivity index (χ2v) is 4.64. The van der Waals surface area contributed by atoms with Crippen molar-refractivity contribution in [2.45, 2.75) is 31.7 Å². The van der Waals surface area contributed by atoms with E-state index in [1.54, 1.807) is 20.3 Å². The van der Waals surface area contributed by atoms with Crippen LogP contribution < -0.4 is 9.47 Å². The number of benzene rings is 1. The monoisotopic (exact) mass is 247 g/mol. The molecular weight excluding hydrogens is 230 g/mol. The fourth-order valence-corrected chi connectivity index (χ4v) is 2.49. The lowest BCUT2D eigenvalue weighted by Crippen LogP contribution is -2.32. The van der Waals surface area contributed by atoms with Crippen LogP contribution in [0.3, 0.4) is 0 Å². The zero-order chi connectivity index (χ0) is 13.2. The second-order valence-electron chi connectivity index (χ2n) is 4.64. The van der Waals surface area contributed by atoms with Gasteiger partial charge in [0.2, 0.25) is 6.08 Å². The highest BCUT2D eigenvalue weighted by Crippen LogP contribution is 2.50. The minimum atomic E-state index is -0.466. The van der Waals surface area contributed by atoms with E-state index in [2.05, 4.69) is 4.99 Å². The Morgan fingerprint density at radius 1 is 1.28 bits per heavy atom. The lowest BCUT2D eigenvalue weighted by molar-refractivity contribution is 0.242. The number of hydrogen-bond acceptors (Lipinski definition) is 4. The molecule has 4 heteroatoms. The number of methoxy groups -OCH3 is 2. The average molecular weight is 247 g/mol. The van der Waals surface area contributed by atoms with Gasteiger partial charge in [-0.25, -0.2) is 4.79 Å². The molecule has 0 atom stereocenters. The molecule has 0 saturated heterocycles. The van der Waals surface area contributed by atoms with Gasteiger partial charge in [-0.15, -0.1) is 0 Å². The highest BCUT2D eigenvalue weighted by Gasteiger charge is 2.42. The molecule has 1 aromatic rings. The summed E-state index contributed by atoms with van der Waals surface area (Å²) in [5.41, 5.74) is 1.53. The van der Waals surface area contributed by atoms with Gasteiger partial charge in [0.1, 0.15) is 5.54 Å². The molecule has 96 valence electrons. The van der Waals surface area contributed by atoms with Crippen LogP contribution in [0.4, 0.5) is 0 Å². The third-order valence-electron chi connectivity index (χ3n) is 3.56. The van der Waals surface area contributed by atoms with Crippen molar-refractivity contribution in [3.8, 4) is 11.5 Å². The van der Waals surface area contributed by atoms with Crippen molar-refractivity contribution in [2.75, 3.05) is 14.2 Å². The Bertz CT molecular complexity index is 500. The molecule has 0 spiro atoms. The van der Waals surface area contributed by atoms with Gasteiger partial charge < -0.3 is 9.47 Å². The minimum Gasteiger partial charge on any atom is -0.493 e. The number of ether oxygens (including phenoxy) is 2. The summed E-state index contributed by atoms with van der Waals surface area (Å²) in [4.78, 5) is 14.7. The molecule has 0 radical (unpaired) electrons.